The molecule has 128 valence electrons. The van der Waals surface area contributed by atoms with Crippen molar-refractivity contribution in [2.24, 2.45) is 0 Å². The minimum atomic E-state index is -0.176. The van der Waals surface area contributed by atoms with Gasteiger partial charge < -0.3 is 10.2 Å². The van der Waals surface area contributed by atoms with Crippen LogP contribution in [0.15, 0.2) is 24.3 Å². The number of likely N-dealkylation sites (tertiary alicyclic amines) is 1. The SMILES string of the molecule is C#CCN(CC(=O)NCC(=O)N1CCCC1)Cc1ccc(C)cc1. The highest BCUT2D eigenvalue weighted by atomic mass is 16.2. The average Bonchev–Trinajstić information content (AvgIpc) is 3.09. The Morgan fingerprint density at radius 3 is 2.54 bits per heavy atom. The zero-order chi connectivity index (χ0) is 17.4. The summed E-state index contributed by atoms with van der Waals surface area (Å²) in [7, 11) is 0. The van der Waals surface area contributed by atoms with Crippen LogP contribution < -0.4 is 5.32 Å². The number of aryl methyl sites for hydroxylation is 1. The first-order chi connectivity index (χ1) is 11.6. The lowest BCUT2D eigenvalue weighted by Crippen LogP contribution is -2.42. The molecular formula is C19H25N3O2. The van der Waals surface area contributed by atoms with Crippen LogP contribution in [-0.4, -0.2) is 54.3 Å². The Morgan fingerprint density at radius 2 is 1.92 bits per heavy atom. The molecule has 1 saturated heterocycles. The van der Waals surface area contributed by atoms with Crippen molar-refractivity contribution in [2.45, 2.75) is 26.3 Å². The van der Waals surface area contributed by atoms with Crippen LogP contribution >= 0.6 is 0 Å². The van der Waals surface area contributed by atoms with Crippen molar-refractivity contribution in [1.29, 1.82) is 0 Å². The number of hydrogen-bond donors (Lipinski definition) is 1. The van der Waals surface area contributed by atoms with Gasteiger partial charge in [0.15, 0.2) is 0 Å². The molecule has 0 radical (unpaired) electrons. The predicted molar refractivity (Wildman–Crippen MR) is 94.1 cm³/mol. The Hall–Kier alpha value is -2.32. The van der Waals surface area contributed by atoms with Gasteiger partial charge in [-0.25, -0.2) is 0 Å². The maximum Gasteiger partial charge on any atom is 0.241 e. The van der Waals surface area contributed by atoms with Gasteiger partial charge in [-0.3, -0.25) is 14.5 Å². The van der Waals surface area contributed by atoms with E-state index in [2.05, 4.69) is 11.2 Å². The summed E-state index contributed by atoms with van der Waals surface area (Å²) >= 11 is 0. The summed E-state index contributed by atoms with van der Waals surface area (Å²) in [6.45, 7) is 4.88. The standard InChI is InChI=1S/C19H25N3O2/c1-3-10-21(14-17-8-6-16(2)7-9-17)15-18(23)20-13-19(24)22-11-4-5-12-22/h1,6-9H,4-5,10-15H2,2H3,(H,20,23). The Bertz CT molecular complexity index is 598. The van der Waals surface area contributed by atoms with Gasteiger partial charge in [0.25, 0.3) is 0 Å². The monoisotopic (exact) mass is 327 g/mol. The van der Waals surface area contributed by atoms with E-state index in [4.69, 9.17) is 6.42 Å². The first kappa shape index (κ1) is 18.0. The van der Waals surface area contributed by atoms with E-state index >= 15 is 0 Å². The van der Waals surface area contributed by atoms with Crippen molar-refractivity contribution in [3.8, 4) is 12.3 Å². The second-order valence-electron chi connectivity index (χ2n) is 6.20. The summed E-state index contributed by atoms with van der Waals surface area (Å²) in [5.74, 6) is 2.40. The first-order valence-electron chi connectivity index (χ1n) is 8.34. The number of terminal acetylenes is 1. The fraction of sp³-hybridized carbons (Fsp3) is 0.474. The molecule has 5 heteroatoms. The van der Waals surface area contributed by atoms with Gasteiger partial charge >= 0.3 is 0 Å². The molecule has 1 aliphatic heterocycles. The van der Waals surface area contributed by atoms with Gasteiger partial charge in [0, 0.05) is 19.6 Å². The van der Waals surface area contributed by atoms with Crippen molar-refractivity contribution < 1.29 is 9.59 Å². The van der Waals surface area contributed by atoms with E-state index in [0.717, 1.165) is 31.5 Å². The fourth-order valence-corrected chi connectivity index (χ4v) is 2.76. The zero-order valence-corrected chi connectivity index (χ0v) is 14.3. The molecule has 1 aromatic carbocycles. The van der Waals surface area contributed by atoms with Gasteiger partial charge in [0.1, 0.15) is 0 Å². The smallest absolute Gasteiger partial charge is 0.241 e. The summed E-state index contributed by atoms with van der Waals surface area (Å²) in [5, 5.41) is 2.70. The van der Waals surface area contributed by atoms with Crippen LogP contribution in [0.25, 0.3) is 0 Å². The van der Waals surface area contributed by atoms with Crippen LogP contribution in [0.1, 0.15) is 24.0 Å². The number of carbonyl (C=O) groups is 2. The molecule has 1 N–H and O–H groups in total. The molecule has 2 rings (SSSR count). The van der Waals surface area contributed by atoms with E-state index in [1.165, 1.54) is 5.56 Å². The van der Waals surface area contributed by atoms with Crippen LogP contribution in [0, 0.1) is 19.3 Å². The van der Waals surface area contributed by atoms with Gasteiger partial charge in [0.2, 0.25) is 11.8 Å². The van der Waals surface area contributed by atoms with Crippen LogP contribution in [0.3, 0.4) is 0 Å². The normalized spacial score (nSPS) is 13.8. The first-order valence-corrected chi connectivity index (χ1v) is 8.34. The van der Waals surface area contributed by atoms with Crippen LogP contribution in [-0.2, 0) is 16.1 Å². The lowest BCUT2D eigenvalue weighted by atomic mass is 10.1. The van der Waals surface area contributed by atoms with Crippen LogP contribution in [0.4, 0.5) is 0 Å². The molecule has 0 aliphatic carbocycles. The summed E-state index contributed by atoms with van der Waals surface area (Å²) < 4.78 is 0. The molecule has 1 heterocycles. The number of nitrogens with zero attached hydrogens (tertiary/aromatic N) is 2. The molecular weight excluding hydrogens is 302 g/mol. The van der Waals surface area contributed by atoms with E-state index in [1.54, 1.807) is 4.90 Å². The Labute approximate surface area is 144 Å². The molecule has 1 aliphatic rings. The molecule has 24 heavy (non-hydrogen) atoms. The fourth-order valence-electron chi connectivity index (χ4n) is 2.76. The third-order valence-electron chi connectivity index (χ3n) is 4.10. The maximum atomic E-state index is 12.1. The van der Waals surface area contributed by atoms with Crippen molar-refractivity contribution in [3.05, 3.63) is 35.4 Å². The molecule has 0 unspecified atom stereocenters. The van der Waals surface area contributed by atoms with Crippen molar-refractivity contribution in [1.82, 2.24) is 15.1 Å². The minimum Gasteiger partial charge on any atom is -0.346 e. The van der Waals surface area contributed by atoms with Gasteiger partial charge in [-0.15, -0.1) is 6.42 Å². The third-order valence-corrected chi connectivity index (χ3v) is 4.10. The number of rotatable bonds is 7. The molecule has 0 saturated carbocycles. The molecule has 0 bridgehead atoms. The summed E-state index contributed by atoms with van der Waals surface area (Å²) in [4.78, 5) is 27.7. The molecule has 0 aromatic heterocycles. The van der Waals surface area contributed by atoms with Crippen molar-refractivity contribution >= 4 is 11.8 Å². The summed E-state index contributed by atoms with van der Waals surface area (Å²) in [6.07, 6.45) is 7.50. The molecule has 1 aromatic rings. The lowest BCUT2D eigenvalue weighted by Gasteiger charge is -2.20. The predicted octanol–water partition coefficient (Wildman–Crippen LogP) is 1.17. The van der Waals surface area contributed by atoms with Gasteiger partial charge in [-0.2, -0.15) is 0 Å². The summed E-state index contributed by atoms with van der Waals surface area (Å²) in [5.41, 5.74) is 2.30. The average molecular weight is 327 g/mol. The van der Waals surface area contributed by atoms with E-state index in [9.17, 15) is 9.59 Å². The number of amides is 2. The van der Waals surface area contributed by atoms with Gasteiger partial charge in [-0.05, 0) is 25.3 Å². The Kier molecular flexibility index (Phi) is 6.83. The van der Waals surface area contributed by atoms with Gasteiger partial charge in [-0.1, -0.05) is 35.7 Å². The number of hydrogen-bond acceptors (Lipinski definition) is 3. The summed E-state index contributed by atoms with van der Waals surface area (Å²) in [6, 6.07) is 8.15. The molecule has 0 atom stereocenters. The van der Waals surface area contributed by atoms with Gasteiger partial charge in [0.05, 0.1) is 19.6 Å². The highest BCUT2D eigenvalue weighted by Gasteiger charge is 2.18. The van der Waals surface area contributed by atoms with E-state index in [0.29, 0.717) is 13.1 Å². The lowest BCUT2D eigenvalue weighted by molar-refractivity contribution is -0.132. The van der Waals surface area contributed by atoms with E-state index in [-0.39, 0.29) is 24.9 Å². The largest absolute Gasteiger partial charge is 0.346 e. The maximum absolute atomic E-state index is 12.1. The minimum absolute atomic E-state index is 0.0112. The molecule has 2 amide bonds. The van der Waals surface area contributed by atoms with Crippen LogP contribution in [0.5, 0.6) is 0 Å². The second kappa shape index (κ2) is 9.09. The van der Waals surface area contributed by atoms with Crippen molar-refractivity contribution in [2.75, 3.05) is 32.7 Å². The van der Waals surface area contributed by atoms with E-state index < -0.39 is 0 Å². The Morgan fingerprint density at radius 1 is 1.25 bits per heavy atom. The number of carbonyl (C=O) groups excluding carboxylic acids is 2. The third kappa shape index (κ3) is 5.71. The molecule has 1 fully saturated rings. The highest BCUT2D eigenvalue weighted by molar-refractivity contribution is 5.85. The van der Waals surface area contributed by atoms with E-state index in [1.807, 2.05) is 36.1 Å². The highest BCUT2D eigenvalue weighted by Crippen LogP contribution is 2.08. The zero-order valence-electron chi connectivity index (χ0n) is 14.3. The number of nitrogens with one attached hydrogen (secondary N) is 1. The van der Waals surface area contributed by atoms with Crippen molar-refractivity contribution in [3.63, 3.8) is 0 Å². The molecule has 0 spiro atoms. The topological polar surface area (TPSA) is 52.7 Å². The Balaban J connectivity index is 1.80. The molecule has 5 nitrogen and oxygen atoms in total. The quantitative estimate of drug-likeness (QED) is 0.765. The van der Waals surface area contributed by atoms with Crippen LogP contribution in [0.2, 0.25) is 0 Å². The second-order valence-corrected chi connectivity index (χ2v) is 6.20. The number of benzene rings is 1.